The van der Waals surface area contributed by atoms with Crippen LogP contribution in [-0.4, -0.2) is 16.1 Å². The Hall–Kier alpha value is -2.48. The molecule has 5 nitrogen and oxygen atoms in total. The molecule has 138 valence electrons. The summed E-state index contributed by atoms with van der Waals surface area (Å²) in [6, 6.07) is 16.4. The van der Waals surface area contributed by atoms with Crippen LogP contribution in [0.1, 0.15) is 21.7 Å². The van der Waals surface area contributed by atoms with Gasteiger partial charge in [0.2, 0.25) is 0 Å². The minimum atomic E-state index is -0.291. The molecular formula is C20H17BrN2O3S. The highest BCUT2D eigenvalue weighted by atomic mass is 79.9. The standard InChI is InChI=1S/C20H17BrN2O3S/c1-12-10-13(6-8-15(12)18-9-7-14(11-24)26-18)22-20(27)23-19(25)16-4-2-3-5-17(16)21/h2-10,24H,11H2,1H3,(H2,22,23,25,27). The molecule has 7 heteroatoms. The average molecular weight is 445 g/mol. The zero-order chi connectivity index (χ0) is 19.4. The number of furan rings is 1. The molecule has 3 aromatic rings. The molecule has 1 amide bonds. The number of amides is 1. The molecule has 0 aliphatic heterocycles. The van der Waals surface area contributed by atoms with Crippen molar-refractivity contribution in [1.29, 1.82) is 0 Å². The van der Waals surface area contributed by atoms with Gasteiger partial charge in [-0.15, -0.1) is 0 Å². The third kappa shape index (κ3) is 4.63. The fraction of sp³-hybridized carbons (Fsp3) is 0.100. The van der Waals surface area contributed by atoms with Crippen LogP contribution in [0.2, 0.25) is 0 Å². The molecule has 0 saturated heterocycles. The zero-order valence-electron chi connectivity index (χ0n) is 14.5. The van der Waals surface area contributed by atoms with Gasteiger partial charge in [0.15, 0.2) is 5.11 Å². The minimum Gasteiger partial charge on any atom is -0.459 e. The van der Waals surface area contributed by atoms with Crippen LogP contribution in [0.4, 0.5) is 5.69 Å². The Morgan fingerprint density at radius 1 is 1.19 bits per heavy atom. The number of carbonyl (C=O) groups excluding carboxylic acids is 1. The third-order valence-corrected chi connectivity index (χ3v) is 4.81. The van der Waals surface area contributed by atoms with Gasteiger partial charge >= 0.3 is 0 Å². The lowest BCUT2D eigenvalue weighted by Crippen LogP contribution is -2.34. The van der Waals surface area contributed by atoms with Crippen LogP contribution >= 0.6 is 28.1 Å². The van der Waals surface area contributed by atoms with Gasteiger partial charge in [-0.25, -0.2) is 0 Å². The molecule has 1 aromatic heterocycles. The van der Waals surface area contributed by atoms with E-state index in [0.717, 1.165) is 16.8 Å². The predicted octanol–water partition coefficient (Wildman–Crippen LogP) is 4.64. The van der Waals surface area contributed by atoms with E-state index in [-0.39, 0.29) is 17.6 Å². The van der Waals surface area contributed by atoms with E-state index in [1.807, 2.05) is 37.3 Å². The lowest BCUT2D eigenvalue weighted by Gasteiger charge is -2.12. The number of aryl methyl sites for hydroxylation is 1. The molecule has 0 spiro atoms. The van der Waals surface area contributed by atoms with E-state index in [2.05, 4.69) is 26.6 Å². The first kappa shape index (κ1) is 19.3. The molecule has 3 rings (SSSR count). The normalized spacial score (nSPS) is 10.5. The molecule has 0 fully saturated rings. The largest absolute Gasteiger partial charge is 0.459 e. The summed E-state index contributed by atoms with van der Waals surface area (Å²) in [5.41, 5.74) is 3.15. The fourth-order valence-corrected chi connectivity index (χ4v) is 3.28. The molecule has 0 radical (unpaired) electrons. The van der Waals surface area contributed by atoms with Crippen molar-refractivity contribution < 1.29 is 14.3 Å². The molecule has 0 unspecified atom stereocenters. The maximum Gasteiger partial charge on any atom is 0.258 e. The molecule has 1 heterocycles. The van der Waals surface area contributed by atoms with Gasteiger partial charge in [-0.2, -0.15) is 0 Å². The Bertz CT molecular complexity index is 1000. The predicted molar refractivity (Wildman–Crippen MR) is 113 cm³/mol. The van der Waals surface area contributed by atoms with E-state index in [1.54, 1.807) is 24.3 Å². The van der Waals surface area contributed by atoms with Crippen LogP contribution in [0.3, 0.4) is 0 Å². The highest BCUT2D eigenvalue weighted by molar-refractivity contribution is 9.10. The number of anilines is 1. The van der Waals surface area contributed by atoms with Crippen LogP contribution < -0.4 is 10.6 Å². The van der Waals surface area contributed by atoms with Gasteiger partial charge in [0, 0.05) is 15.7 Å². The fourth-order valence-electron chi connectivity index (χ4n) is 2.60. The maximum atomic E-state index is 12.3. The van der Waals surface area contributed by atoms with Gasteiger partial charge in [0.1, 0.15) is 18.1 Å². The van der Waals surface area contributed by atoms with E-state index < -0.39 is 0 Å². The number of carbonyl (C=O) groups is 1. The molecule has 27 heavy (non-hydrogen) atoms. The number of thiocarbonyl (C=S) groups is 1. The topological polar surface area (TPSA) is 74.5 Å². The number of aliphatic hydroxyl groups excluding tert-OH is 1. The second-order valence-corrected chi connectivity index (χ2v) is 7.10. The summed E-state index contributed by atoms with van der Waals surface area (Å²) in [5, 5.41) is 15.0. The van der Waals surface area contributed by atoms with E-state index in [9.17, 15) is 4.79 Å². The van der Waals surface area contributed by atoms with Crippen molar-refractivity contribution in [2.75, 3.05) is 5.32 Å². The molecule has 0 aliphatic rings. The van der Waals surface area contributed by atoms with Gasteiger partial charge in [-0.3, -0.25) is 10.1 Å². The van der Waals surface area contributed by atoms with E-state index in [0.29, 0.717) is 21.6 Å². The van der Waals surface area contributed by atoms with Crippen molar-refractivity contribution in [2.45, 2.75) is 13.5 Å². The number of halogens is 1. The second-order valence-electron chi connectivity index (χ2n) is 5.84. The monoisotopic (exact) mass is 444 g/mol. The number of aliphatic hydroxyl groups is 1. The first-order chi connectivity index (χ1) is 13.0. The number of hydrogen-bond donors (Lipinski definition) is 3. The van der Waals surface area contributed by atoms with E-state index in [1.165, 1.54) is 0 Å². The smallest absolute Gasteiger partial charge is 0.258 e. The lowest BCUT2D eigenvalue weighted by molar-refractivity contribution is 0.0977. The minimum absolute atomic E-state index is 0.135. The summed E-state index contributed by atoms with van der Waals surface area (Å²) in [7, 11) is 0. The number of benzene rings is 2. The van der Waals surface area contributed by atoms with Crippen molar-refractivity contribution in [3.8, 4) is 11.3 Å². The Morgan fingerprint density at radius 2 is 1.96 bits per heavy atom. The first-order valence-electron chi connectivity index (χ1n) is 8.15. The van der Waals surface area contributed by atoms with Crippen molar-refractivity contribution >= 4 is 44.9 Å². The Balaban J connectivity index is 1.68. The van der Waals surface area contributed by atoms with Gasteiger partial charge in [0.05, 0.1) is 5.56 Å². The van der Waals surface area contributed by atoms with Crippen molar-refractivity contribution in [3.05, 3.63) is 76.0 Å². The van der Waals surface area contributed by atoms with Crippen LogP contribution in [-0.2, 0) is 6.61 Å². The highest BCUT2D eigenvalue weighted by Crippen LogP contribution is 2.27. The summed E-state index contributed by atoms with van der Waals surface area (Å²) in [6.45, 7) is 1.81. The van der Waals surface area contributed by atoms with Crippen LogP contribution in [0.5, 0.6) is 0 Å². The molecule has 0 bridgehead atoms. The zero-order valence-corrected chi connectivity index (χ0v) is 16.9. The van der Waals surface area contributed by atoms with Crippen molar-refractivity contribution in [3.63, 3.8) is 0 Å². The second kappa shape index (κ2) is 8.47. The van der Waals surface area contributed by atoms with Crippen molar-refractivity contribution in [1.82, 2.24) is 5.32 Å². The highest BCUT2D eigenvalue weighted by Gasteiger charge is 2.12. The molecule has 2 aromatic carbocycles. The van der Waals surface area contributed by atoms with Crippen molar-refractivity contribution in [2.24, 2.45) is 0 Å². The summed E-state index contributed by atoms with van der Waals surface area (Å²) in [5.74, 6) is 0.913. The Kier molecular flexibility index (Phi) is 6.05. The molecule has 0 atom stereocenters. The maximum absolute atomic E-state index is 12.3. The van der Waals surface area contributed by atoms with Crippen LogP contribution in [0, 0.1) is 6.92 Å². The summed E-state index contributed by atoms with van der Waals surface area (Å²) in [4.78, 5) is 12.3. The SMILES string of the molecule is Cc1cc(NC(=S)NC(=O)c2ccccc2Br)ccc1-c1ccc(CO)o1. The molecule has 0 saturated carbocycles. The number of hydrogen-bond acceptors (Lipinski definition) is 4. The Labute approximate surface area is 170 Å². The van der Waals surface area contributed by atoms with Gasteiger partial charge < -0.3 is 14.8 Å². The first-order valence-corrected chi connectivity index (χ1v) is 9.35. The van der Waals surface area contributed by atoms with Gasteiger partial charge in [-0.05, 0) is 83.1 Å². The number of nitrogens with one attached hydrogen (secondary N) is 2. The van der Waals surface area contributed by atoms with E-state index in [4.69, 9.17) is 21.7 Å². The lowest BCUT2D eigenvalue weighted by atomic mass is 10.1. The Morgan fingerprint density at radius 3 is 2.63 bits per heavy atom. The molecule has 0 aliphatic carbocycles. The average Bonchev–Trinajstić information content (AvgIpc) is 3.11. The third-order valence-electron chi connectivity index (χ3n) is 3.91. The summed E-state index contributed by atoms with van der Waals surface area (Å²) < 4.78 is 6.28. The molecular weight excluding hydrogens is 428 g/mol. The number of rotatable bonds is 4. The van der Waals surface area contributed by atoms with Gasteiger partial charge in [0.25, 0.3) is 5.91 Å². The van der Waals surface area contributed by atoms with Crippen LogP contribution in [0.15, 0.2) is 63.5 Å². The summed E-state index contributed by atoms with van der Waals surface area (Å²) >= 11 is 8.59. The van der Waals surface area contributed by atoms with Crippen LogP contribution in [0.25, 0.3) is 11.3 Å². The quantitative estimate of drug-likeness (QED) is 0.511. The van der Waals surface area contributed by atoms with Gasteiger partial charge in [-0.1, -0.05) is 12.1 Å². The van der Waals surface area contributed by atoms with E-state index >= 15 is 0 Å². The summed E-state index contributed by atoms with van der Waals surface area (Å²) in [6.07, 6.45) is 0. The molecule has 3 N–H and O–H groups in total.